The normalized spacial score (nSPS) is 28.9. The summed E-state index contributed by atoms with van der Waals surface area (Å²) < 4.78 is 5.39. The summed E-state index contributed by atoms with van der Waals surface area (Å²) in [6, 6.07) is 8.71. The molecule has 3 atom stereocenters. The van der Waals surface area contributed by atoms with Crippen molar-refractivity contribution in [3.63, 3.8) is 0 Å². The molecule has 1 aromatic rings. The quantitative estimate of drug-likeness (QED) is 0.876. The summed E-state index contributed by atoms with van der Waals surface area (Å²) in [5.74, 6) is 0.577. The van der Waals surface area contributed by atoms with E-state index < -0.39 is 0 Å². The molecule has 1 aliphatic heterocycles. The maximum atomic E-state index is 12.2. The van der Waals surface area contributed by atoms with Gasteiger partial charge in [0.2, 0.25) is 5.91 Å². The predicted octanol–water partition coefficient (Wildman–Crippen LogP) is 1.41. The van der Waals surface area contributed by atoms with Crippen LogP contribution in [0.1, 0.15) is 30.5 Å². The molecule has 0 aromatic heterocycles. The highest BCUT2D eigenvalue weighted by atomic mass is 16.5. The maximum Gasteiger partial charge on any atom is 0.222 e. The van der Waals surface area contributed by atoms with Gasteiger partial charge in [0.1, 0.15) is 0 Å². The zero-order valence-electron chi connectivity index (χ0n) is 11.9. The molecule has 0 radical (unpaired) electrons. The van der Waals surface area contributed by atoms with Crippen molar-refractivity contribution >= 4 is 5.91 Å². The fourth-order valence-electron chi connectivity index (χ4n) is 3.22. The first-order valence-electron chi connectivity index (χ1n) is 7.42. The van der Waals surface area contributed by atoms with Crippen molar-refractivity contribution in [3.8, 4) is 0 Å². The van der Waals surface area contributed by atoms with Crippen molar-refractivity contribution in [2.24, 2.45) is 5.92 Å². The largest absolute Gasteiger partial charge is 0.378 e. The summed E-state index contributed by atoms with van der Waals surface area (Å²) in [6.45, 7) is 4.41. The summed E-state index contributed by atoms with van der Waals surface area (Å²) in [5, 5.41) is 6.52. The minimum absolute atomic E-state index is 0.113. The lowest BCUT2D eigenvalue weighted by Gasteiger charge is -2.25. The standard InChI is InChI=1S/C16H22N2O2/c1-11-8-12-4-2-3-5-14(12)16(11)18-15(19)9-13-10-20-7-6-17-13/h2-5,11,13,16-17H,6-10H2,1H3,(H,18,19). The van der Waals surface area contributed by atoms with Gasteiger partial charge in [-0.25, -0.2) is 0 Å². The van der Waals surface area contributed by atoms with Gasteiger partial charge in [0, 0.05) is 19.0 Å². The van der Waals surface area contributed by atoms with Crippen LogP contribution in [0.4, 0.5) is 0 Å². The van der Waals surface area contributed by atoms with E-state index in [-0.39, 0.29) is 18.0 Å². The fourth-order valence-corrected chi connectivity index (χ4v) is 3.22. The van der Waals surface area contributed by atoms with Crippen LogP contribution in [-0.4, -0.2) is 31.7 Å². The highest BCUT2D eigenvalue weighted by Crippen LogP contribution is 2.35. The number of fused-ring (bicyclic) bond motifs is 1. The van der Waals surface area contributed by atoms with E-state index in [0.29, 0.717) is 18.9 Å². The summed E-state index contributed by atoms with van der Waals surface area (Å²) in [7, 11) is 0. The Kier molecular flexibility index (Phi) is 4.03. The van der Waals surface area contributed by atoms with Crippen LogP contribution in [0.25, 0.3) is 0 Å². The molecule has 0 saturated carbocycles. The Labute approximate surface area is 119 Å². The molecule has 0 spiro atoms. The molecule has 4 heteroatoms. The van der Waals surface area contributed by atoms with Crippen LogP contribution < -0.4 is 10.6 Å². The third-order valence-corrected chi connectivity index (χ3v) is 4.25. The lowest BCUT2D eigenvalue weighted by atomic mass is 10.0. The van der Waals surface area contributed by atoms with Crippen LogP contribution in [0.15, 0.2) is 24.3 Å². The number of hydrogen-bond acceptors (Lipinski definition) is 3. The average molecular weight is 274 g/mol. The summed E-state index contributed by atoms with van der Waals surface area (Å²) >= 11 is 0. The van der Waals surface area contributed by atoms with Crippen molar-refractivity contribution < 1.29 is 9.53 Å². The summed E-state index contributed by atoms with van der Waals surface area (Å²) in [6.07, 6.45) is 1.54. The van der Waals surface area contributed by atoms with Crippen molar-refractivity contribution in [1.82, 2.24) is 10.6 Å². The van der Waals surface area contributed by atoms with E-state index in [1.165, 1.54) is 11.1 Å². The molecule has 1 aromatic carbocycles. The molecule has 1 fully saturated rings. The number of hydrogen-bond donors (Lipinski definition) is 2. The summed E-state index contributed by atoms with van der Waals surface area (Å²) in [4.78, 5) is 12.2. The van der Waals surface area contributed by atoms with E-state index in [1.807, 2.05) is 6.07 Å². The molecular formula is C16H22N2O2. The molecule has 0 bridgehead atoms. The van der Waals surface area contributed by atoms with E-state index in [9.17, 15) is 4.79 Å². The second kappa shape index (κ2) is 5.94. The molecule has 2 N–H and O–H groups in total. The van der Waals surface area contributed by atoms with Gasteiger partial charge in [-0.3, -0.25) is 4.79 Å². The monoisotopic (exact) mass is 274 g/mol. The van der Waals surface area contributed by atoms with Gasteiger partial charge >= 0.3 is 0 Å². The van der Waals surface area contributed by atoms with Gasteiger partial charge in [0.15, 0.2) is 0 Å². The average Bonchev–Trinajstić information content (AvgIpc) is 2.76. The van der Waals surface area contributed by atoms with Gasteiger partial charge in [-0.2, -0.15) is 0 Å². The molecule has 1 amide bonds. The zero-order valence-corrected chi connectivity index (χ0v) is 11.9. The molecule has 20 heavy (non-hydrogen) atoms. The lowest BCUT2D eigenvalue weighted by Crippen LogP contribution is -2.44. The number of rotatable bonds is 3. The van der Waals surface area contributed by atoms with Gasteiger partial charge in [-0.15, -0.1) is 0 Å². The Balaban J connectivity index is 1.61. The molecule has 3 unspecified atom stereocenters. The number of ether oxygens (including phenoxy) is 1. The SMILES string of the molecule is CC1Cc2ccccc2C1NC(=O)CC1COCCN1. The Morgan fingerprint density at radius 1 is 1.45 bits per heavy atom. The first kappa shape index (κ1) is 13.6. The van der Waals surface area contributed by atoms with Crippen LogP contribution >= 0.6 is 0 Å². The van der Waals surface area contributed by atoms with Gasteiger partial charge in [0.05, 0.1) is 19.3 Å². The zero-order chi connectivity index (χ0) is 13.9. The molecule has 3 rings (SSSR count). The molecule has 2 aliphatic rings. The van der Waals surface area contributed by atoms with E-state index in [4.69, 9.17) is 4.74 Å². The molecule has 1 aliphatic carbocycles. The third kappa shape index (κ3) is 2.86. The first-order chi connectivity index (χ1) is 9.74. The number of nitrogens with one attached hydrogen (secondary N) is 2. The van der Waals surface area contributed by atoms with Gasteiger partial charge in [-0.1, -0.05) is 31.2 Å². The molecule has 1 saturated heterocycles. The molecular weight excluding hydrogens is 252 g/mol. The Morgan fingerprint density at radius 2 is 2.30 bits per heavy atom. The highest BCUT2D eigenvalue weighted by Gasteiger charge is 2.30. The van der Waals surface area contributed by atoms with Crippen molar-refractivity contribution in [1.29, 1.82) is 0 Å². The minimum atomic E-state index is 0.113. The maximum absolute atomic E-state index is 12.2. The number of carbonyl (C=O) groups is 1. The van der Waals surface area contributed by atoms with Crippen LogP contribution in [0, 0.1) is 5.92 Å². The van der Waals surface area contributed by atoms with Crippen molar-refractivity contribution in [2.45, 2.75) is 31.8 Å². The van der Waals surface area contributed by atoms with Gasteiger partial charge in [0.25, 0.3) is 0 Å². The van der Waals surface area contributed by atoms with Crippen LogP contribution in [0.3, 0.4) is 0 Å². The second-order valence-electron chi connectivity index (χ2n) is 5.86. The van der Waals surface area contributed by atoms with Gasteiger partial charge < -0.3 is 15.4 Å². The Morgan fingerprint density at radius 3 is 3.10 bits per heavy atom. The lowest BCUT2D eigenvalue weighted by molar-refractivity contribution is -0.123. The third-order valence-electron chi connectivity index (χ3n) is 4.25. The number of morpholine rings is 1. The Bertz CT molecular complexity index is 483. The topological polar surface area (TPSA) is 50.4 Å². The van der Waals surface area contributed by atoms with E-state index in [0.717, 1.165) is 19.6 Å². The van der Waals surface area contributed by atoms with Crippen LogP contribution in [0.5, 0.6) is 0 Å². The predicted molar refractivity (Wildman–Crippen MR) is 77.4 cm³/mol. The molecule has 4 nitrogen and oxygen atoms in total. The van der Waals surface area contributed by atoms with Crippen LogP contribution in [0.2, 0.25) is 0 Å². The van der Waals surface area contributed by atoms with Crippen molar-refractivity contribution in [2.75, 3.05) is 19.8 Å². The smallest absolute Gasteiger partial charge is 0.222 e. The van der Waals surface area contributed by atoms with Crippen LogP contribution in [-0.2, 0) is 16.0 Å². The molecule has 1 heterocycles. The second-order valence-corrected chi connectivity index (χ2v) is 5.86. The van der Waals surface area contributed by atoms with Gasteiger partial charge in [-0.05, 0) is 23.5 Å². The number of carbonyl (C=O) groups excluding carboxylic acids is 1. The minimum Gasteiger partial charge on any atom is -0.378 e. The fraction of sp³-hybridized carbons (Fsp3) is 0.562. The number of amides is 1. The summed E-state index contributed by atoms with van der Waals surface area (Å²) in [5.41, 5.74) is 2.64. The van der Waals surface area contributed by atoms with E-state index in [1.54, 1.807) is 0 Å². The van der Waals surface area contributed by atoms with Crippen molar-refractivity contribution in [3.05, 3.63) is 35.4 Å². The van der Waals surface area contributed by atoms with E-state index >= 15 is 0 Å². The molecule has 108 valence electrons. The first-order valence-corrected chi connectivity index (χ1v) is 7.42. The van der Waals surface area contributed by atoms with E-state index in [2.05, 4.69) is 35.8 Å². The number of benzene rings is 1. The highest BCUT2D eigenvalue weighted by molar-refractivity contribution is 5.77. The Hall–Kier alpha value is -1.39.